The zero-order chi connectivity index (χ0) is 14.2. The molecule has 2 aromatic carbocycles. The average molecular weight is 273 g/mol. The number of hydrogen-bond acceptors (Lipinski definition) is 1. The van der Waals surface area contributed by atoms with Gasteiger partial charge in [-0.1, -0.05) is 29.8 Å². The molecule has 0 radical (unpaired) electrons. The molecule has 0 amide bonds. The first-order valence-corrected chi connectivity index (χ1v) is 6.99. The predicted molar refractivity (Wildman–Crippen MR) is 85.6 cm³/mol. The van der Waals surface area contributed by atoms with Gasteiger partial charge in [0.25, 0.3) is 0 Å². The maximum atomic E-state index is 4.27. The third kappa shape index (κ3) is 2.03. The maximum Gasteiger partial charge on any atom is 0.0931 e. The minimum absolute atomic E-state index is 0.989. The minimum Gasteiger partial charge on any atom is -0.345 e. The highest BCUT2D eigenvalue weighted by molar-refractivity contribution is 5.77. The van der Waals surface area contributed by atoms with Crippen molar-refractivity contribution in [1.82, 2.24) is 14.5 Å². The molecule has 0 unspecified atom stereocenters. The molecule has 4 aromatic rings. The van der Waals surface area contributed by atoms with Crippen molar-refractivity contribution in [3.63, 3.8) is 0 Å². The van der Waals surface area contributed by atoms with Crippen LogP contribution in [0.1, 0.15) is 5.56 Å². The molecule has 0 aliphatic carbocycles. The highest BCUT2D eigenvalue weighted by atomic mass is 15.0. The van der Waals surface area contributed by atoms with Gasteiger partial charge in [-0.3, -0.25) is 0 Å². The van der Waals surface area contributed by atoms with Gasteiger partial charge in [-0.05, 0) is 42.8 Å². The lowest BCUT2D eigenvalue weighted by Crippen LogP contribution is -1.95. The molecule has 2 heterocycles. The van der Waals surface area contributed by atoms with Gasteiger partial charge in [0.1, 0.15) is 0 Å². The summed E-state index contributed by atoms with van der Waals surface area (Å²) in [6.07, 6.45) is 3.82. The van der Waals surface area contributed by atoms with Crippen molar-refractivity contribution in [2.24, 2.45) is 0 Å². The van der Waals surface area contributed by atoms with Crippen molar-refractivity contribution in [3.05, 3.63) is 72.7 Å². The lowest BCUT2D eigenvalue weighted by atomic mass is 10.1. The van der Waals surface area contributed by atoms with Gasteiger partial charge in [-0.2, -0.15) is 0 Å². The molecule has 0 fully saturated rings. The second-order valence-corrected chi connectivity index (χ2v) is 5.23. The number of H-pyrrole nitrogens is 1. The van der Waals surface area contributed by atoms with Crippen LogP contribution in [0.5, 0.6) is 0 Å². The quantitative estimate of drug-likeness (QED) is 0.579. The smallest absolute Gasteiger partial charge is 0.0931 e. The number of nitrogens with zero attached hydrogens (tertiary/aromatic N) is 2. The third-order valence-electron chi connectivity index (χ3n) is 3.78. The van der Waals surface area contributed by atoms with Crippen molar-refractivity contribution < 1.29 is 0 Å². The van der Waals surface area contributed by atoms with Crippen LogP contribution in [-0.2, 0) is 0 Å². The van der Waals surface area contributed by atoms with Crippen molar-refractivity contribution in [2.75, 3.05) is 0 Å². The van der Waals surface area contributed by atoms with Crippen molar-refractivity contribution in [3.8, 4) is 16.9 Å². The Hall–Kier alpha value is -2.81. The van der Waals surface area contributed by atoms with Crippen molar-refractivity contribution >= 4 is 11.0 Å². The number of aromatic nitrogens is 3. The molecule has 21 heavy (non-hydrogen) atoms. The van der Waals surface area contributed by atoms with Crippen molar-refractivity contribution in [2.45, 2.75) is 6.92 Å². The highest BCUT2D eigenvalue weighted by Crippen LogP contribution is 2.25. The van der Waals surface area contributed by atoms with E-state index in [-0.39, 0.29) is 0 Å². The average Bonchev–Trinajstić information content (AvgIpc) is 3.16. The number of imidazole rings is 1. The molecule has 0 saturated heterocycles. The molecule has 3 nitrogen and oxygen atoms in total. The number of aromatic amines is 1. The van der Waals surface area contributed by atoms with E-state index in [4.69, 9.17) is 0 Å². The summed E-state index contributed by atoms with van der Waals surface area (Å²) >= 11 is 0. The molecule has 0 aliphatic heterocycles. The number of aryl methyl sites for hydroxylation is 1. The van der Waals surface area contributed by atoms with Crippen LogP contribution in [0.2, 0.25) is 0 Å². The van der Waals surface area contributed by atoms with Crippen LogP contribution < -0.4 is 0 Å². The van der Waals surface area contributed by atoms with E-state index >= 15 is 0 Å². The highest BCUT2D eigenvalue weighted by Gasteiger charge is 2.07. The second-order valence-electron chi connectivity index (χ2n) is 5.23. The van der Waals surface area contributed by atoms with Gasteiger partial charge < -0.3 is 9.55 Å². The summed E-state index contributed by atoms with van der Waals surface area (Å²) in [5, 5.41) is 0. The van der Waals surface area contributed by atoms with Crippen LogP contribution in [0.4, 0.5) is 0 Å². The Morgan fingerprint density at radius 2 is 1.86 bits per heavy atom. The number of benzene rings is 2. The maximum absolute atomic E-state index is 4.27. The fourth-order valence-electron chi connectivity index (χ4n) is 2.64. The summed E-state index contributed by atoms with van der Waals surface area (Å²) in [6.45, 7) is 2.11. The topological polar surface area (TPSA) is 33.6 Å². The molecule has 102 valence electrons. The minimum atomic E-state index is 0.989. The zero-order valence-electron chi connectivity index (χ0n) is 11.7. The Labute approximate surface area is 122 Å². The predicted octanol–water partition coefficient (Wildman–Crippen LogP) is 4.33. The molecule has 1 N–H and O–H groups in total. The van der Waals surface area contributed by atoms with Gasteiger partial charge in [0, 0.05) is 11.9 Å². The lowest BCUT2D eigenvalue weighted by molar-refractivity contribution is 1.09. The van der Waals surface area contributed by atoms with Crippen LogP contribution in [-0.4, -0.2) is 14.5 Å². The van der Waals surface area contributed by atoms with Gasteiger partial charge in [-0.15, -0.1) is 0 Å². The normalized spacial score (nSPS) is 11.1. The van der Waals surface area contributed by atoms with E-state index in [1.165, 1.54) is 16.8 Å². The molecule has 0 spiro atoms. The standard InChI is InChI=1S/C18H15N3/c1-13-4-6-14(7-5-13)18-3-2-10-21(18)15-8-9-16-17(11-15)20-12-19-16/h2-12H,1H3,(H,19,20). The summed E-state index contributed by atoms with van der Waals surface area (Å²) in [5.41, 5.74) is 6.85. The number of hydrogen-bond donors (Lipinski definition) is 1. The number of nitrogens with one attached hydrogen (secondary N) is 1. The van der Waals surface area contributed by atoms with E-state index in [2.05, 4.69) is 76.2 Å². The van der Waals surface area contributed by atoms with E-state index in [1.807, 2.05) is 6.07 Å². The summed E-state index contributed by atoms with van der Waals surface area (Å²) in [6, 6.07) is 19.1. The molecule has 0 atom stereocenters. The van der Waals surface area contributed by atoms with Gasteiger partial charge in [0.15, 0.2) is 0 Å². The van der Waals surface area contributed by atoms with E-state index in [1.54, 1.807) is 6.33 Å². The van der Waals surface area contributed by atoms with E-state index in [0.29, 0.717) is 0 Å². The Morgan fingerprint density at radius 1 is 1.00 bits per heavy atom. The van der Waals surface area contributed by atoms with Gasteiger partial charge in [-0.25, -0.2) is 4.98 Å². The van der Waals surface area contributed by atoms with Crippen LogP contribution in [0, 0.1) is 6.92 Å². The Morgan fingerprint density at radius 3 is 2.71 bits per heavy atom. The monoisotopic (exact) mass is 273 g/mol. The zero-order valence-corrected chi connectivity index (χ0v) is 11.7. The summed E-state index contributed by atoms with van der Waals surface area (Å²) in [4.78, 5) is 7.43. The third-order valence-corrected chi connectivity index (χ3v) is 3.78. The fraction of sp³-hybridized carbons (Fsp3) is 0.0556. The van der Waals surface area contributed by atoms with E-state index < -0.39 is 0 Å². The lowest BCUT2D eigenvalue weighted by Gasteiger charge is -2.10. The second kappa shape index (κ2) is 4.63. The first kappa shape index (κ1) is 12.0. The molecule has 4 rings (SSSR count). The molecular formula is C18H15N3. The summed E-state index contributed by atoms with van der Waals surface area (Å²) in [7, 11) is 0. The van der Waals surface area contributed by atoms with Gasteiger partial charge >= 0.3 is 0 Å². The number of rotatable bonds is 2. The van der Waals surface area contributed by atoms with Gasteiger partial charge in [0.2, 0.25) is 0 Å². The summed E-state index contributed by atoms with van der Waals surface area (Å²) < 4.78 is 2.20. The van der Waals surface area contributed by atoms with Crippen LogP contribution in [0.3, 0.4) is 0 Å². The van der Waals surface area contributed by atoms with Crippen LogP contribution in [0.15, 0.2) is 67.1 Å². The van der Waals surface area contributed by atoms with Crippen LogP contribution in [0.25, 0.3) is 28.0 Å². The van der Waals surface area contributed by atoms with Gasteiger partial charge in [0.05, 0.1) is 23.1 Å². The molecule has 2 aromatic heterocycles. The molecule has 0 bridgehead atoms. The molecule has 0 aliphatic rings. The molecule has 0 saturated carbocycles. The fourth-order valence-corrected chi connectivity index (χ4v) is 2.64. The first-order valence-electron chi connectivity index (χ1n) is 6.99. The van der Waals surface area contributed by atoms with Crippen molar-refractivity contribution in [1.29, 1.82) is 0 Å². The van der Waals surface area contributed by atoms with E-state index in [9.17, 15) is 0 Å². The molecular weight excluding hydrogens is 258 g/mol. The Balaban J connectivity index is 1.85. The largest absolute Gasteiger partial charge is 0.345 e. The SMILES string of the molecule is Cc1ccc(-c2cccn2-c2ccc3nc[nH]c3c2)cc1. The summed E-state index contributed by atoms with van der Waals surface area (Å²) in [5.74, 6) is 0. The Kier molecular flexibility index (Phi) is 2.64. The molecule has 3 heteroatoms. The Bertz CT molecular complexity index is 898. The first-order chi connectivity index (χ1) is 10.3. The van der Waals surface area contributed by atoms with E-state index in [0.717, 1.165) is 16.7 Å². The number of fused-ring (bicyclic) bond motifs is 1. The van der Waals surface area contributed by atoms with Crippen LogP contribution >= 0.6 is 0 Å².